The van der Waals surface area contributed by atoms with Crippen LogP contribution in [-0.2, 0) is 12.7 Å². The van der Waals surface area contributed by atoms with E-state index in [0.717, 1.165) is 6.07 Å². The minimum atomic E-state index is -4.79. The molecule has 0 unspecified atom stereocenters. The molecule has 0 aliphatic rings. The van der Waals surface area contributed by atoms with Crippen molar-refractivity contribution < 1.29 is 26.3 Å². The Kier molecular flexibility index (Phi) is 4.39. The van der Waals surface area contributed by atoms with Crippen molar-refractivity contribution in [1.29, 1.82) is 0 Å². The van der Waals surface area contributed by atoms with Crippen molar-refractivity contribution in [3.05, 3.63) is 35.1 Å². The molecule has 96 valence electrons. The summed E-state index contributed by atoms with van der Waals surface area (Å²) in [5.74, 6) is -1.38. The van der Waals surface area contributed by atoms with E-state index in [4.69, 9.17) is 0 Å². The van der Waals surface area contributed by atoms with Crippen LogP contribution in [0, 0.1) is 5.82 Å². The van der Waals surface area contributed by atoms with E-state index in [9.17, 15) is 26.3 Å². The zero-order valence-electron chi connectivity index (χ0n) is 8.49. The smallest absolute Gasteiger partial charge is 0.307 e. The molecule has 1 rings (SSSR count). The predicted octanol–water partition coefficient (Wildman–Crippen LogP) is 3.20. The third-order valence-corrected chi connectivity index (χ3v) is 1.96. The average molecular weight is 257 g/mol. The fraction of sp³-hybridized carbons (Fsp3) is 0.400. The Hall–Kier alpha value is -1.24. The van der Waals surface area contributed by atoms with Crippen molar-refractivity contribution in [2.24, 2.45) is 0 Å². The van der Waals surface area contributed by atoms with Crippen molar-refractivity contribution in [3.8, 4) is 0 Å². The third-order valence-electron chi connectivity index (χ3n) is 1.96. The van der Waals surface area contributed by atoms with Crippen LogP contribution in [0.2, 0.25) is 0 Å². The number of hydrogen-bond acceptors (Lipinski definition) is 1. The first-order valence-electron chi connectivity index (χ1n) is 4.65. The summed E-state index contributed by atoms with van der Waals surface area (Å²) in [6, 6.07) is 2.39. The second-order valence-electron chi connectivity index (χ2n) is 3.33. The topological polar surface area (TPSA) is 12.0 Å². The van der Waals surface area contributed by atoms with Crippen LogP contribution in [0.1, 0.15) is 11.1 Å². The molecule has 0 heterocycles. The average Bonchev–Trinajstić information content (AvgIpc) is 2.18. The molecule has 0 saturated heterocycles. The van der Waals surface area contributed by atoms with E-state index in [1.807, 2.05) is 0 Å². The lowest BCUT2D eigenvalue weighted by Crippen LogP contribution is -2.21. The molecule has 7 heteroatoms. The Morgan fingerprint density at radius 3 is 2.35 bits per heavy atom. The summed E-state index contributed by atoms with van der Waals surface area (Å²) in [5.41, 5.74) is -1.30. The summed E-state index contributed by atoms with van der Waals surface area (Å²) < 4.78 is 73.3. The van der Waals surface area contributed by atoms with Crippen molar-refractivity contribution in [2.75, 3.05) is 6.54 Å². The second kappa shape index (κ2) is 5.39. The van der Waals surface area contributed by atoms with Crippen molar-refractivity contribution in [3.63, 3.8) is 0 Å². The molecule has 1 aromatic rings. The molecule has 0 aromatic heterocycles. The molecule has 0 radical (unpaired) electrons. The van der Waals surface area contributed by atoms with Crippen LogP contribution >= 0.6 is 0 Å². The standard InChI is InChI=1S/C10H9F6N/c11-8-2-1-6(4-17-5-9(12)13)3-7(8)10(14,15)16/h1-3,9,17H,4-5H2. The summed E-state index contributed by atoms with van der Waals surface area (Å²) in [7, 11) is 0. The molecule has 0 fully saturated rings. The summed E-state index contributed by atoms with van der Waals surface area (Å²) in [4.78, 5) is 0. The van der Waals surface area contributed by atoms with Gasteiger partial charge in [0.05, 0.1) is 12.1 Å². The van der Waals surface area contributed by atoms with Gasteiger partial charge < -0.3 is 5.32 Å². The fourth-order valence-electron chi connectivity index (χ4n) is 1.23. The number of hydrogen-bond donors (Lipinski definition) is 1. The van der Waals surface area contributed by atoms with Gasteiger partial charge >= 0.3 is 6.18 Å². The molecule has 1 aromatic carbocycles. The first-order valence-corrected chi connectivity index (χ1v) is 4.65. The van der Waals surface area contributed by atoms with E-state index in [-0.39, 0.29) is 12.1 Å². The molecular formula is C10H9F6N. The maximum atomic E-state index is 12.9. The Labute approximate surface area is 93.4 Å². The molecular weight excluding hydrogens is 248 g/mol. The lowest BCUT2D eigenvalue weighted by molar-refractivity contribution is -0.140. The molecule has 17 heavy (non-hydrogen) atoms. The van der Waals surface area contributed by atoms with Gasteiger partial charge in [-0.3, -0.25) is 0 Å². The lowest BCUT2D eigenvalue weighted by Gasteiger charge is -2.10. The van der Waals surface area contributed by atoms with Gasteiger partial charge in [-0.05, 0) is 17.7 Å². The van der Waals surface area contributed by atoms with Crippen LogP contribution in [-0.4, -0.2) is 13.0 Å². The van der Waals surface area contributed by atoms with E-state index in [0.29, 0.717) is 12.1 Å². The minimum absolute atomic E-state index is 0.0966. The summed E-state index contributed by atoms with van der Waals surface area (Å²) in [6.07, 6.45) is -7.37. The van der Waals surface area contributed by atoms with Crippen LogP contribution in [0.4, 0.5) is 26.3 Å². The Balaban J connectivity index is 2.76. The maximum absolute atomic E-state index is 12.9. The highest BCUT2D eigenvalue weighted by molar-refractivity contribution is 5.27. The highest BCUT2D eigenvalue weighted by Crippen LogP contribution is 2.31. The van der Waals surface area contributed by atoms with Crippen LogP contribution in [0.3, 0.4) is 0 Å². The third kappa shape index (κ3) is 4.26. The lowest BCUT2D eigenvalue weighted by atomic mass is 10.1. The molecule has 0 aliphatic heterocycles. The molecule has 0 spiro atoms. The zero-order valence-corrected chi connectivity index (χ0v) is 8.49. The van der Waals surface area contributed by atoms with Crippen LogP contribution < -0.4 is 5.32 Å². The zero-order chi connectivity index (χ0) is 13.1. The molecule has 0 atom stereocenters. The van der Waals surface area contributed by atoms with E-state index in [1.165, 1.54) is 0 Å². The molecule has 0 aliphatic carbocycles. The first kappa shape index (κ1) is 13.8. The largest absolute Gasteiger partial charge is 0.419 e. The van der Waals surface area contributed by atoms with Gasteiger partial charge in [0.2, 0.25) is 0 Å². The van der Waals surface area contributed by atoms with E-state index < -0.39 is 30.5 Å². The second-order valence-corrected chi connectivity index (χ2v) is 3.33. The Morgan fingerprint density at radius 2 is 1.82 bits per heavy atom. The fourth-order valence-corrected chi connectivity index (χ4v) is 1.23. The van der Waals surface area contributed by atoms with Gasteiger partial charge in [0.25, 0.3) is 6.43 Å². The predicted molar refractivity (Wildman–Crippen MR) is 49.1 cm³/mol. The SMILES string of the molecule is Fc1ccc(CNCC(F)F)cc1C(F)(F)F. The van der Waals surface area contributed by atoms with Gasteiger partial charge in [-0.15, -0.1) is 0 Å². The number of nitrogens with one attached hydrogen (secondary N) is 1. The Bertz CT molecular complexity index is 374. The monoisotopic (exact) mass is 257 g/mol. The normalized spacial score (nSPS) is 12.2. The number of alkyl halides is 5. The molecule has 1 nitrogen and oxygen atoms in total. The molecule has 0 bridgehead atoms. The molecule has 0 amide bonds. The van der Waals surface area contributed by atoms with E-state index >= 15 is 0 Å². The van der Waals surface area contributed by atoms with Crippen LogP contribution in [0.25, 0.3) is 0 Å². The van der Waals surface area contributed by atoms with Gasteiger partial charge in [0.15, 0.2) is 0 Å². The van der Waals surface area contributed by atoms with Gasteiger partial charge in [0.1, 0.15) is 5.82 Å². The van der Waals surface area contributed by atoms with Crippen LogP contribution in [0.15, 0.2) is 18.2 Å². The number of halogens is 6. The highest BCUT2D eigenvalue weighted by Gasteiger charge is 2.34. The summed E-state index contributed by atoms with van der Waals surface area (Å²) in [5, 5.41) is 2.26. The van der Waals surface area contributed by atoms with Crippen LogP contribution in [0.5, 0.6) is 0 Å². The van der Waals surface area contributed by atoms with Gasteiger partial charge in [-0.25, -0.2) is 13.2 Å². The van der Waals surface area contributed by atoms with Gasteiger partial charge in [-0.2, -0.15) is 13.2 Å². The Morgan fingerprint density at radius 1 is 1.18 bits per heavy atom. The first-order chi connectivity index (χ1) is 7.80. The molecule has 0 saturated carbocycles. The molecule has 1 N–H and O–H groups in total. The van der Waals surface area contributed by atoms with Gasteiger partial charge in [-0.1, -0.05) is 6.07 Å². The van der Waals surface area contributed by atoms with E-state index in [2.05, 4.69) is 5.32 Å². The van der Waals surface area contributed by atoms with Crippen molar-refractivity contribution in [1.82, 2.24) is 5.32 Å². The maximum Gasteiger partial charge on any atom is 0.419 e. The van der Waals surface area contributed by atoms with Crippen molar-refractivity contribution in [2.45, 2.75) is 19.1 Å². The van der Waals surface area contributed by atoms with Gasteiger partial charge in [0, 0.05) is 6.54 Å². The number of benzene rings is 1. The highest BCUT2D eigenvalue weighted by atomic mass is 19.4. The number of rotatable bonds is 4. The van der Waals surface area contributed by atoms with E-state index in [1.54, 1.807) is 0 Å². The summed E-state index contributed by atoms with van der Waals surface area (Å²) in [6.45, 7) is -0.799. The van der Waals surface area contributed by atoms with Crippen molar-refractivity contribution >= 4 is 0 Å². The quantitative estimate of drug-likeness (QED) is 0.817. The minimum Gasteiger partial charge on any atom is -0.307 e. The summed E-state index contributed by atoms with van der Waals surface area (Å²) >= 11 is 0.